The van der Waals surface area contributed by atoms with Crippen LogP contribution in [0.1, 0.15) is 53.3 Å². The number of rotatable bonds is 2. The first kappa shape index (κ1) is 24.2. The van der Waals surface area contributed by atoms with Crippen LogP contribution in [0.2, 0.25) is 0 Å². The highest BCUT2D eigenvalue weighted by Gasteiger charge is 2.40. The highest BCUT2D eigenvalue weighted by Crippen LogP contribution is 2.29. The van der Waals surface area contributed by atoms with Crippen LogP contribution in [-0.4, -0.2) is 62.3 Å². The molecule has 4 rings (SSSR count). The lowest BCUT2D eigenvalue weighted by Gasteiger charge is -2.45. The van der Waals surface area contributed by atoms with Crippen molar-refractivity contribution in [3.8, 4) is 0 Å². The summed E-state index contributed by atoms with van der Waals surface area (Å²) in [5.41, 5.74) is 0.101. The number of hydrogen-bond donors (Lipinski definition) is 2. The van der Waals surface area contributed by atoms with E-state index in [2.05, 4.69) is 10.6 Å². The van der Waals surface area contributed by atoms with E-state index in [0.29, 0.717) is 31.0 Å². The molecule has 1 aromatic rings. The SMILES string of the molecule is Cc1cc(C2CCCNC2)oc(=O)c1C(=O)N1CCOC2(CCNCC2)C1.Cl.Cl. The Balaban J connectivity index is 0.00000150. The number of piperidine rings is 2. The number of carbonyl (C=O) groups excluding carboxylic acids is 1. The van der Waals surface area contributed by atoms with E-state index in [1.165, 1.54) is 0 Å². The van der Waals surface area contributed by atoms with Crippen LogP contribution in [-0.2, 0) is 4.74 Å². The number of nitrogens with one attached hydrogen (secondary N) is 2. The molecule has 1 spiro atoms. The Morgan fingerprint density at radius 1 is 1.21 bits per heavy atom. The zero-order valence-electron chi connectivity index (χ0n) is 16.8. The summed E-state index contributed by atoms with van der Waals surface area (Å²) in [5, 5.41) is 6.67. The van der Waals surface area contributed by atoms with Crippen molar-refractivity contribution >= 4 is 30.7 Å². The van der Waals surface area contributed by atoms with Crippen molar-refractivity contribution in [2.24, 2.45) is 0 Å². The molecule has 3 fully saturated rings. The van der Waals surface area contributed by atoms with Gasteiger partial charge in [-0.25, -0.2) is 4.79 Å². The number of halogens is 2. The van der Waals surface area contributed by atoms with Crippen LogP contribution < -0.4 is 16.3 Å². The highest BCUT2D eigenvalue weighted by atomic mass is 35.5. The molecule has 0 bridgehead atoms. The molecule has 7 nitrogen and oxygen atoms in total. The van der Waals surface area contributed by atoms with Gasteiger partial charge in [0.15, 0.2) is 0 Å². The molecule has 3 aliphatic heterocycles. The molecule has 9 heteroatoms. The minimum atomic E-state index is -0.508. The van der Waals surface area contributed by atoms with E-state index in [1.807, 2.05) is 13.0 Å². The number of carbonyl (C=O) groups is 1. The molecule has 0 aliphatic carbocycles. The molecule has 164 valence electrons. The van der Waals surface area contributed by atoms with Gasteiger partial charge in [-0.1, -0.05) is 0 Å². The van der Waals surface area contributed by atoms with Crippen LogP contribution in [0.4, 0.5) is 0 Å². The quantitative estimate of drug-likeness (QED) is 0.719. The van der Waals surface area contributed by atoms with Gasteiger partial charge in [-0.05, 0) is 63.9 Å². The fourth-order valence-electron chi connectivity index (χ4n) is 4.55. The second-order valence-electron chi connectivity index (χ2n) is 8.05. The lowest BCUT2D eigenvalue weighted by atomic mass is 9.90. The minimum Gasteiger partial charge on any atom is -0.427 e. The summed E-state index contributed by atoms with van der Waals surface area (Å²) in [4.78, 5) is 27.6. The maximum Gasteiger partial charge on any atom is 0.349 e. The summed E-state index contributed by atoms with van der Waals surface area (Å²) in [6.45, 7) is 7.02. The summed E-state index contributed by atoms with van der Waals surface area (Å²) in [6, 6.07) is 1.88. The van der Waals surface area contributed by atoms with E-state index in [0.717, 1.165) is 51.9 Å². The number of ether oxygens (including phenoxy) is 1. The molecule has 2 N–H and O–H groups in total. The van der Waals surface area contributed by atoms with Gasteiger partial charge in [-0.3, -0.25) is 4.79 Å². The second kappa shape index (κ2) is 10.3. The molecule has 0 saturated carbocycles. The third-order valence-electron chi connectivity index (χ3n) is 6.13. The number of morpholine rings is 1. The average molecular weight is 448 g/mol. The average Bonchev–Trinajstić information content (AvgIpc) is 2.68. The van der Waals surface area contributed by atoms with Crippen LogP contribution in [0.15, 0.2) is 15.3 Å². The molecule has 0 aromatic carbocycles. The monoisotopic (exact) mass is 447 g/mol. The first-order valence-electron chi connectivity index (χ1n) is 10.1. The predicted molar refractivity (Wildman–Crippen MR) is 116 cm³/mol. The smallest absolute Gasteiger partial charge is 0.349 e. The number of hydrogen-bond acceptors (Lipinski definition) is 6. The second-order valence-corrected chi connectivity index (χ2v) is 8.05. The molecule has 1 unspecified atom stereocenters. The first-order valence-corrected chi connectivity index (χ1v) is 10.1. The first-order chi connectivity index (χ1) is 13.1. The van der Waals surface area contributed by atoms with Gasteiger partial charge in [0.05, 0.1) is 18.8 Å². The van der Waals surface area contributed by atoms with Gasteiger partial charge in [0.1, 0.15) is 11.3 Å². The maximum atomic E-state index is 13.1. The van der Waals surface area contributed by atoms with E-state index in [9.17, 15) is 9.59 Å². The van der Waals surface area contributed by atoms with Crippen LogP contribution in [0, 0.1) is 6.92 Å². The molecular weight excluding hydrogens is 417 g/mol. The lowest BCUT2D eigenvalue weighted by molar-refractivity contribution is -0.114. The Hall–Kier alpha value is -1.12. The van der Waals surface area contributed by atoms with Crippen molar-refractivity contribution in [3.05, 3.63) is 33.4 Å². The standard InChI is InChI=1S/C20H29N3O4.2ClH/c1-14-11-16(15-3-2-6-22-12-15)27-19(25)17(14)18(24)23-9-10-26-20(13-23)4-7-21-8-5-20;;/h11,15,21-22H,2-10,12-13H2,1H3;2*1H. The number of nitrogens with zero attached hydrogens (tertiary/aromatic N) is 1. The molecule has 3 saturated heterocycles. The lowest BCUT2D eigenvalue weighted by Crippen LogP contribution is -2.57. The summed E-state index contributed by atoms with van der Waals surface area (Å²) < 4.78 is 11.6. The molecule has 3 aliphatic rings. The van der Waals surface area contributed by atoms with Crippen molar-refractivity contribution < 1.29 is 13.9 Å². The van der Waals surface area contributed by atoms with E-state index < -0.39 is 5.63 Å². The van der Waals surface area contributed by atoms with Crippen molar-refractivity contribution in [1.82, 2.24) is 15.5 Å². The summed E-state index contributed by atoms with van der Waals surface area (Å²) in [7, 11) is 0. The maximum absolute atomic E-state index is 13.1. The van der Waals surface area contributed by atoms with Gasteiger partial charge in [-0.15, -0.1) is 24.8 Å². The van der Waals surface area contributed by atoms with Crippen molar-refractivity contribution in [2.75, 3.05) is 45.9 Å². The molecule has 0 radical (unpaired) electrons. The fourth-order valence-corrected chi connectivity index (χ4v) is 4.55. The Bertz CT molecular complexity index is 753. The Kier molecular flexibility index (Phi) is 8.55. The Morgan fingerprint density at radius 2 is 1.97 bits per heavy atom. The summed E-state index contributed by atoms with van der Waals surface area (Å²) in [5.74, 6) is 0.671. The van der Waals surface area contributed by atoms with Crippen LogP contribution >= 0.6 is 24.8 Å². The van der Waals surface area contributed by atoms with Crippen LogP contribution in [0.25, 0.3) is 0 Å². The largest absolute Gasteiger partial charge is 0.427 e. The van der Waals surface area contributed by atoms with E-state index in [-0.39, 0.29) is 47.8 Å². The zero-order chi connectivity index (χ0) is 18.9. The van der Waals surface area contributed by atoms with Gasteiger partial charge in [0.25, 0.3) is 5.91 Å². The normalized spacial score (nSPS) is 23.8. The summed E-state index contributed by atoms with van der Waals surface area (Å²) in [6.07, 6.45) is 3.84. The molecule has 1 aromatic heterocycles. The van der Waals surface area contributed by atoms with Crippen molar-refractivity contribution in [2.45, 2.75) is 44.1 Å². The predicted octanol–water partition coefficient (Wildman–Crippen LogP) is 1.85. The van der Waals surface area contributed by atoms with Gasteiger partial charge in [0.2, 0.25) is 0 Å². The molecule has 1 atom stereocenters. The van der Waals surface area contributed by atoms with Crippen LogP contribution in [0.5, 0.6) is 0 Å². The fraction of sp³-hybridized carbons (Fsp3) is 0.700. The van der Waals surface area contributed by atoms with E-state index in [4.69, 9.17) is 9.15 Å². The van der Waals surface area contributed by atoms with E-state index >= 15 is 0 Å². The number of amides is 1. The zero-order valence-corrected chi connectivity index (χ0v) is 18.5. The third kappa shape index (κ3) is 5.14. The minimum absolute atomic E-state index is 0. The molecule has 29 heavy (non-hydrogen) atoms. The van der Waals surface area contributed by atoms with Crippen molar-refractivity contribution in [1.29, 1.82) is 0 Å². The third-order valence-corrected chi connectivity index (χ3v) is 6.13. The van der Waals surface area contributed by atoms with Gasteiger partial charge < -0.3 is 24.7 Å². The summed E-state index contributed by atoms with van der Waals surface area (Å²) >= 11 is 0. The van der Waals surface area contributed by atoms with Gasteiger partial charge in [0, 0.05) is 19.0 Å². The van der Waals surface area contributed by atoms with Crippen molar-refractivity contribution in [3.63, 3.8) is 0 Å². The topological polar surface area (TPSA) is 83.8 Å². The molecule has 4 heterocycles. The van der Waals surface area contributed by atoms with Crippen LogP contribution in [0.3, 0.4) is 0 Å². The highest BCUT2D eigenvalue weighted by molar-refractivity contribution is 5.95. The van der Waals surface area contributed by atoms with E-state index in [1.54, 1.807) is 4.90 Å². The Morgan fingerprint density at radius 3 is 2.62 bits per heavy atom. The van der Waals surface area contributed by atoms with Gasteiger partial charge >= 0.3 is 5.63 Å². The molecule has 1 amide bonds. The Labute approximate surface area is 183 Å². The van der Waals surface area contributed by atoms with Gasteiger partial charge in [-0.2, -0.15) is 0 Å². The molecular formula is C20H31Cl2N3O4. The number of aryl methyl sites for hydroxylation is 1.